The van der Waals surface area contributed by atoms with E-state index in [9.17, 15) is 12.8 Å². The third kappa shape index (κ3) is 8.21. The van der Waals surface area contributed by atoms with Gasteiger partial charge in [0.25, 0.3) is 0 Å². The number of anilines is 3. The van der Waals surface area contributed by atoms with Crippen LogP contribution in [0.3, 0.4) is 0 Å². The zero-order valence-corrected chi connectivity index (χ0v) is 24.0. The molecule has 0 saturated carbocycles. The van der Waals surface area contributed by atoms with Gasteiger partial charge in [0, 0.05) is 35.9 Å². The second kappa shape index (κ2) is 14.5. The molecule has 2 aromatic carbocycles. The highest BCUT2D eigenvalue weighted by atomic mass is 32.2. The molecule has 0 atom stereocenters. The minimum Gasteiger partial charge on any atom is -0.494 e. The number of aromatic nitrogens is 3. The van der Waals surface area contributed by atoms with Gasteiger partial charge < -0.3 is 20.9 Å². The average molecular weight is 589 g/mol. The molecule has 2 aromatic heterocycles. The van der Waals surface area contributed by atoms with Gasteiger partial charge >= 0.3 is 0 Å². The number of nitrogen functional groups attached to an aromatic ring is 2. The van der Waals surface area contributed by atoms with Crippen molar-refractivity contribution in [1.82, 2.24) is 15.0 Å². The maximum Gasteiger partial charge on any atom is 0.232 e. The molecule has 13 heteroatoms. The van der Waals surface area contributed by atoms with Crippen LogP contribution in [-0.4, -0.2) is 56.1 Å². The summed E-state index contributed by atoms with van der Waals surface area (Å²) in [6.45, 7) is 5.09. The van der Waals surface area contributed by atoms with E-state index in [1.54, 1.807) is 24.3 Å². The van der Waals surface area contributed by atoms with Crippen LogP contribution in [0.2, 0.25) is 0 Å². The molecule has 0 spiro atoms. The summed E-state index contributed by atoms with van der Waals surface area (Å²) >= 11 is 0. The Balaban J connectivity index is 0.000000696. The van der Waals surface area contributed by atoms with E-state index in [0.717, 1.165) is 19.6 Å². The Bertz CT molecular complexity index is 1570. The predicted molar refractivity (Wildman–Crippen MR) is 158 cm³/mol. The highest BCUT2D eigenvalue weighted by Gasteiger charge is 2.19. The summed E-state index contributed by atoms with van der Waals surface area (Å²) < 4.78 is 64.7. The van der Waals surface area contributed by atoms with Crippen molar-refractivity contribution >= 4 is 38.2 Å². The van der Waals surface area contributed by atoms with Gasteiger partial charge in [-0.05, 0) is 55.7 Å². The molecule has 0 aliphatic rings. The number of pyridine rings is 1. The summed E-state index contributed by atoms with van der Waals surface area (Å²) in [6.07, 6.45) is 2.46. The largest absolute Gasteiger partial charge is 0.494 e. The summed E-state index contributed by atoms with van der Waals surface area (Å²) in [5.74, 6) is -0.170. The number of nitrogens with zero attached hydrogens (tertiary/aromatic N) is 3. The van der Waals surface area contributed by atoms with Crippen LogP contribution in [0.4, 0.5) is 26.1 Å². The standard InChI is InChI=1S/C23H22F2N6O3S.C5H12O/c1-34-18-11-14(15-4-2-5-17(20(15)25)31-35(32,33)9-3-8-24)10-16-21(18)29-23(30-22(16)27)13-6-7-19(26)28-12-13;1-3-5-6-4-2/h2,4-7,10-12,31H,3,8-9H2,1H3,(H2,26,28)(H2,27,29,30);3-5H2,1-2H3. The Kier molecular flexibility index (Phi) is 11.1. The summed E-state index contributed by atoms with van der Waals surface area (Å²) in [5, 5.41) is 0.417. The van der Waals surface area contributed by atoms with Crippen LogP contribution in [0.5, 0.6) is 5.75 Å². The lowest BCUT2D eigenvalue weighted by atomic mass is 10.0. The number of hydrogen-bond donors (Lipinski definition) is 3. The molecule has 0 amide bonds. The van der Waals surface area contributed by atoms with Gasteiger partial charge in [-0.25, -0.2) is 27.8 Å². The van der Waals surface area contributed by atoms with E-state index < -0.39 is 28.3 Å². The van der Waals surface area contributed by atoms with Crippen LogP contribution in [-0.2, 0) is 14.8 Å². The Morgan fingerprint density at radius 2 is 1.83 bits per heavy atom. The van der Waals surface area contributed by atoms with Gasteiger partial charge in [0.05, 0.1) is 25.2 Å². The van der Waals surface area contributed by atoms with Gasteiger partial charge in [-0.2, -0.15) is 0 Å². The lowest BCUT2D eigenvalue weighted by Crippen LogP contribution is -2.18. The first-order valence-electron chi connectivity index (χ1n) is 12.9. The number of nitrogens with one attached hydrogen (secondary N) is 1. The van der Waals surface area contributed by atoms with Gasteiger partial charge in [0.2, 0.25) is 10.0 Å². The zero-order chi connectivity index (χ0) is 30.0. The Hall–Kier alpha value is -4.10. The number of rotatable bonds is 11. The van der Waals surface area contributed by atoms with Crippen LogP contribution < -0.4 is 20.9 Å². The number of alkyl halides is 1. The number of halogens is 2. The van der Waals surface area contributed by atoms with Crippen molar-refractivity contribution in [3.05, 3.63) is 54.5 Å². The number of benzene rings is 2. The molecule has 0 fully saturated rings. The molecule has 0 aliphatic carbocycles. The van der Waals surface area contributed by atoms with Crippen molar-refractivity contribution in [3.8, 4) is 28.3 Å². The lowest BCUT2D eigenvalue weighted by Gasteiger charge is -2.14. The fourth-order valence-corrected chi connectivity index (χ4v) is 4.87. The van der Waals surface area contributed by atoms with Crippen molar-refractivity contribution in [1.29, 1.82) is 0 Å². The minimum atomic E-state index is -3.91. The molecule has 0 aliphatic heterocycles. The molecule has 41 heavy (non-hydrogen) atoms. The number of hydrogen-bond acceptors (Lipinski definition) is 9. The smallest absolute Gasteiger partial charge is 0.232 e. The summed E-state index contributed by atoms with van der Waals surface area (Å²) in [4.78, 5) is 12.9. The van der Waals surface area contributed by atoms with Crippen LogP contribution in [0.15, 0.2) is 48.7 Å². The molecule has 0 unspecified atom stereocenters. The van der Waals surface area contributed by atoms with Crippen molar-refractivity contribution in [2.75, 3.05) is 48.9 Å². The normalized spacial score (nSPS) is 11.1. The van der Waals surface area contributed by atoms with Crippen LogP contribution in [0.25, 0.3) is 33.4 Å². The van der Waals surface area contributed by atoms with Crippen molar-refractivity contribution in [3.63, 3.8) is 0 Å². The molecule has 4 rings (SSSR count). The highest BCUT2D eigenvalue weighted by Crippen LogP contribution is 2.37. The van der Waals surface area contributed by atoms with Gasteiger partial charge in [-0.1, -0.05) is 19.1 Å². The molecule has 10 nitrogen and oxygen atoms in total. The topological polar surface area (TPSA) is 155 Å². The first-order valence-corrected chi connectivity index (χ1v) is 14.6. The van der Waals surface area contributed by atoms with Gasteiger partial charge in [-0.15, -0.1) is 0 Å². The summed E-state index contributed by atoms with van der Waals surface area (Å²) in [7, 11) is -2.48. The molecule has 0 bridgehead atoms. The fraction of sp³-hybridized carbons (Fsp3) is 0.321. The van der Waals surface area contributed by atoms with Gasteiger partial charge in [-0.3, -0.25) is 9.11 Å². The molecule has 0 radical (unpaired) electrons. The van der Waals surface area contributed by atoms with E-state index in [0.29, 0.717) is 39.4 Å². The van der Waals surface area contributed by atoms with Crippen LogP contribution in [0, 0.1) is 5.82 Å². The second-order valence-corrected chi connectivity index (χ2v) is 10.6. The van der Waals surface area contributed by atoms with Crippen molar-refractivity contribution < 1.29 is 26.7 Å². The predicted octanol–water partition coefficient (Wildman–Crippen LogP) is 5.21. The number of nitrogens with two attached hydrogens (primary N) is 2. The van der Waals surface area contributed by atoms with Crippen LogP contribution in [0.1, 0.15) is 26.7 Å². The van der Waals surface area contributed by atoms with E-state index in [-0.39, 0.29) is 23.5 Å². The van der Waals surface area contributed by atoms with E-state index >= 15 is 4.39 Å². The first kappa shape index (κ1) is 31.4. The van der Waals surface area contributed by atoms with Crippen LogP contribution >= 0.6 is 0 Å². The SMILES string of the molecule is CCCOCC.COc1cc(-c2cccc(NS(=O)(=O)CCCF)c2F)cc2c(N)nc(-c3ccc(N)nc3)nc12. The van der Waals surface area contributed by atoms with E-state index in [4.69, 9.17) is 20.9 Å². The Morgan fingerprint density at radius 1 is 1.05 bits per heavy atom. The third-order valence-corrected chi connectivity index (χ3v) is 7.09. The molecular formula is C28H34F2N6O4S. The molecule has 220 valence electrons. The van der Waals surface area contributed by atoms with E-state index in [2.05, 4.69) is 26.6 Å². The van der Waals surface area contributed by atoms with E-state index in [1.165, 1.54) is 31.5 Å². The molecule has 4 aromatic rings. The van der Waals surface area contributed by atoms with Crippen molar-refractivity contribution in [2.24, 2.45) is 0 Å². The zero-order valence-electron chi connectivity index (χ0n) is 23.2. The molecule has 2 heterocycles. The first-order chi connectivity index (χ1) is 19.6. The Labute approximate surface area is 238 Å². The monoisotopic (exact) mass is 588 g/mol. The number of sulfonamides is 1. The molecule has 0 saturated heterocycles. The quantitative estimate of drug-likeness (QED) is 0.200. The minimum absolute atomic E-state index is 0.0992. The maximum atomic E-state index is 15.3. The summed E-state index contributed by atoms with van der Waals surface area (Å²) in [5.41, 5.74) is 13.1. The molecule has 5 N–H and O–H groups in total. The third-order valence-electron chi connectivity index (χ3n) is 5.73. The number of ether oxygens (including phenoxy) is 2. The fourth-order valence-electron chi connectivity index (χ4n) is 3.79. The number of methoxy groups -OCH3 is 1. The van der Waals surface area contributed by atoms with E-state index in [1.807, 2.05) is 6.92 Å². The van der Waals surface area contributed by atoms with Crippen molar-refractivity contribution in [2.45, 2.75) is 26.7 Å². The lowest BCUT2D eigenvalue weighted by molar-refractivity contribution is 0.148. The Morgan fingerprint density at radius 3 is 2.44 bits per heavy atom. The maximum absolute atomic E-state index is 15.3. The van der Waals surface area contributed by atoms with Gasteiger partial charge in [0.1, 0.15) is 22.9 Å². The average Bonchev–Trinajstić information content (AvgIpc) is 2.96. The molecular weight excluding hydrogens is 554 g/mol. The summed E-state index contributed by atoms with van der Waals surface area (Å²) in [6, 6.07) is 10.8. The number of fused-ring (bicyclic) bond motifs is 1. The second-order valence-electron chi connectivity index (χ2n) is 8.81. The highest BCUT2D eigenvalue weighted by molar-refractivity contribution is 7.92. The van der Waals surface area contributed by atoms with Gasteiger partial charge in [0.15, 0.2) is 11.6 Å².